The topological polar surface area (TPSA) is 32.3 Å². The summed E-state index contributed by atoms with van der Waals surface area (Å²) in [7, 11) is 1.71. The van der Waals surface area contributed by atoms with E-state index in [1.165, 1.54) is 19.3 Å². The van der Waals surface area contributed by atoms with Gasteiger partial charge in [-0.1, -0.05) is 32.1 Å². The van der Waals surface area contributed by atoms with Crippen LogP contribution in [0.4, 0.5) is 4.79 Å². The molecule has 0 heterocycles. The zero-order chi connectivity index (χ0) is 11.7. The summed E-state index contributed by atoms with van der Waals surface area (Å²) in [5, 5.41) is 2.85. The number of nitrogens with one attached hydrogen (secondary N) is 1. The molecular formula is C12H22N2O. The summed E-state index contributed by atoms with van der Waals surface area (Å²) >= 11 is 0. The Balaban J connectivity index is 3.61. The van der Waals surface area contributed by atoms with E-state index >= 15 is 0 Å². The standard InChI is InChI=1S/C12H22N2O/c1-5-7-8-9-10-13-12(15)14(4)11(3)6-2/h2,11H,5,7-10H2,1,3-4H3,(H,13,15). The van der Waals surface area contributed by atoms with Crippen LogP contribution in [0.2, 0.25) is 0 Å². The number of unbranched alkanes of at least 4 members (excludes halogenated alkanes) is 3. The SMILES string of the molecule is C#CC(C)N(C)C(=O)NCCCCCC. The smallest absolute Gasteiger partial charge is 0.318 e. The van der Waals surface area contributed by atoms with Crippen molar-refractivity contribution in [2.45, 2.75) is 45.6 Å². The second-order valence-corrected chi connectivity index (χ2v) is 3.75. The van der Waals surface area contributed by atoms with Gasteiger partial charge in [0.2, 0.25) is 0 Å². The minimum atomic E-state index is -0.152. The zero-order valence-electron chi connectivity index (χ0n) is 10.0. The molecular weight excluding hydrogens is 188 g/mol. The van der Waals surface area contributed by atoms with E-state index in [1.807, 2.05) is 6.92 Å². The van der Waals surface area contributed by atoms with Crippen molar-refractivity contribution in [3.8, 4) is 12.3 Å². The van der Waals surface area contributed by atoms with Gasteiger partial charge in [0.15, 0.2) is 0 Å². The Labute approximate surface area is 93.2 Å². The van der Waals surface area contributed by atoms with Gasteiger partial charge in [-0.3, -0.25) is 0 Å². The molecule has 0 spiro atoms. The number of carbonyl (C=O) groups is 1. The Morgan fingerprint density at radius 2 is 2.13 bits per heavy atom. The summed E-state index contributed by atoms with van der Waals surface area (Å²) in [5.41, 5.74) is 0. The van der Waals surface area contributed by atoms with Gasteiger partial charge >= 0.3 is 6.03 Å². The van der Waals surface area contributed by atoms with Crippen LogP contribution in [0.1, 0.15) is 39.5 Å². The Morgan fingerprint density at radius 1 is 1.47 bits per heavy atom. The number of terminal acetylenes is 1. The van der Waals surface area contributed by atoms with Crippen molar-refractivity contribution >= 4 is 6.03 Å². The van der Waals surface area contributed by atoms with Gasteiger partial charge in [-0.15, -0.1) is 6.42 Å². The minimum absolute atomic E-state index is 0.0862. The summed E-state index contributed by atoms with van der Waals surface area (Å²) in [6.07, 6.45) is 9.88. The maximum absolute atomic E-state index is 11.5. The predicted octanol–water partition coefficient (Wildman–Crippen LogP) is 2.23. The van der Waals surface area contributed by atoms with Crippen LogP contribution in [0.25, 0.3) is 0 Å². The van der Waals surface area contributed by atoms with Crippen molar-refractivity contribution in [1.82, 2.24) is 10.2 Å². The first-order valence-electron chi connectivity index (χ1n) is 5.60. The Bertz CT molecular complexity index is 220. The molecule has 1 unspecified atom stereocenters. The van der Waals surface area contributed by atoms with Crippen molar-refractivity contribution in [2.75, 3.05) is 13.6 Å². The molecule has 2 amide bonds. The summed E-state index contributed by atoms with van der Waals surface area (Å²) < 4.78 is 0. The van der Waals surface area contributed by atoms with E-state index in [4.69, 9.17) is 6.42 Å². The van der Waals surface area contributed by atoms with Crippen LogP contribution in [-0.2, 0) is 0 Å². The molecule has 0 aliphatic carbocycles. The fraction of sp³-hybridized carbons (Fsp3) is 0.750. The Morgan fingerprint density at radius 3 is 2.67 bits per heavy atom. The van der Waals surface area contributed by atoms with Crippen LogP contribution in [0.15, 0.2) is 0 Å². The largest absolute Gasteiger partial charge is 0.338 e. The van der Waals surface area contributed by atoms with E-state index in [0.29, 0.717) is 0 Å². The lowest BCUT2D eigenvalue weighted by Crippen LogP contribution is -2.42. The Hall–Kier alpha value is -1.17. The molecule has 0 bridgehead atoms. The third-order valence-corrected chi connectivity index (χ3v) is 2.45. The van der Waals surface area contributed by atoms with Crippen LogP contribution in [0, 0.1) is 12.3 Å². The van der Waals surface area contributed by atoms with Crippen molar-refractivity contribution < 1.29 is 4.79 Å². The third-order valence-electron chi connectivity index (χ3n) is 2.45. The van der Waals surface area contributed by atoms with Crippen molar-refractivity contribution in [3.63, 3.8) is 0 Å². The van der Waals surface area contributed by atoms with E-state index in [0.717, 1.165) is 13.0 Å². The molecule has 15 heavy (non-hydrogen) atoms. The van der Waals surface area contributed by atoms with Gasteiger partial charge in [-0.25, -0.2) is 4.79 Å². The second kappa shape index (κ2) is 8.16. The number of hydrogen-bond donors (Lipinski definition) is 1. The van der Waals surface area contributed by atoms with Gasteiger partial charge in [0.25, 0.3) is 0 Å². The lowest BCUT2D eigenvalue weighted by Gasteiger charge is -2.20. The maximum Gasteiger partial charge on any atom is 0.318 e. The lowest BCUT2D eigenvalue weighted by molar-refractivity contribution is 0.203. The lowest BCUT2D eigenvalue weighted by atomic mass is 10.2. The van der Waals surface area contributed by atoms with Crippen LogP contribution in [0.3, 0.4) is 0 Å². The van der Waals surface area contributed by atoms with Gasteiger partial charge in [0.1, 0.15) is 0 Å². The molecule has 0 aromatic carbocycles. The van der Waals surface area contributed by atoms with Crippen molar-refractivity contribution in [3.05, 3.63) is 0 Å². The summed E-state index contributed by atoms with van der Waals surface area (Å²) in [6.45, 7) is 4.73. The molecule has 0 saturated carbocycles. The molecule has 0 aromatic heterocycles. The maximum atomic E-state index is 11.5. The highest BCUT2D eigenvalue weighted by Gasteiger charge is 2.11. The average molecular weight is 210 g/mol. The number of urea groups is 1. The van der Waals surface area contributed by atoms with Gasteiger partial charge in [0.05, 0.1) is 6.04 Å². The molecule has 3 nitrogen and oxygen atoms in total. The number of carbonyl (C=O) groups excluding carboxylic acids is 1. The molecule has 0 fully saturated rings. The fourth-order valence-corrected chi connectivity index (χ4v) is 1.16. The quantitative estimate of drug-likeness (QED) is 0.529. The predicted molar refractivity (Wildman–Crippen MR) is 63.6 cm³/mol. The van der Waals surface area contributed by atoms with E-state index in [1.54, 1.807) is 11.9 Å². The van der Waals surface area contributed by atoms with Crippen LogP contribution < -0.4 is 5.32 Å². The zero-order valence-corrected chi connectivity index (χ0v) is 10.0. The van der Waals surface area contributed by atoms with Crippen molar-refractivity contribution in [1.29, 1.82) is 0 Å². The van der Waals surface area contributed by atoms with Gasteiger partial charge in [-0.05, 0) is 13.3 Å². The van der Waals surface area contributed by atoms with E-state index in [9.17, 15) is 4.79 Å². The molecule has 0 aliphatic rings. The van der Waals surface area contributed by atoms with E-state index in [-0.39, 0.29) is 12.1 Å². The molecule has 0 rings (SSSR count). The average Bonchev–Trinajstić information content (AvgIpc) is 2.26. The van der Waals surface area contributed by atoms with Gasteiger partial charge in [0, 0.05) is 13.6 Å². The first kappa shape index (κ1) is 13.8. The number of nitrogens with zero attached hydrogens (tertiary/aromatic N) is 1. The first-order valence-corrected chi connectivity index (χ1v) is 5.60. The van der Waals surface area contributed by atoms with E-state index in [2.05, 4.69) is 18.2 Å². The molecule has 1 atom stereocenters. The number of hydrogen-bond acceptors (Lipinski definition) is 1. The molecule has 0 aromatic rings. The first-order chi connectivity index (χ1) is 7.13. The third kappa shape index (κ3) is 6.01. The summed E-state index contributed by atoms with van der Waals surface area (Å²) in [6, 6.07) is -0.238. The highest BCUT2D eigenvalue weighted by Crippen LogP contribution is 1.98. The number of amides is 2. The molecule has 0 saturated heterocycles. The molecule has 1 N–H and O–H groups in total. The van der Waals surface area contributed by atoms with Crippen molar-refractivity contribution in [2.24, 2.45) is 0 Å². The highest BCUT2D eigenvalue weighted by atomic mass is 16.2. The van der Waals surface area contributed by atoms with Gasteiger partial charge < -0.3 is 10.2 Å². The molecule has 0 aliphatic heterocycles. The normalized spacial score (nSPS) is 11.6. The van der Waals surface area contributed by atoms with Crippen LogP contribution in [0.5, 0.6) is 0 Å². The fourth-order valence-electron chi connectivity index (χ4n) is 1.16. The summed E-state index contributed by atoms with van der Waals surface area (Å²) in [5.74, 6) is 2.52. The second-order valence-electron chi connectivity index (χ2n) is 3.75. The van der Waals surface area contributed by atoms with Crippen LogP contribution >= 0.6 is 0 Å². The summed E-state index contributed by atoms with van der Waals surface area (Å²) in [4.78, 5) is 13.0. The molecule has 86 valence electrons. The minimum Gasteiger partial charge on any atom is -0.338 e. The monoisotopic (exact) mass is 210 g/mol. The number of rotatable bonds is 6. The molecule has 3 heteroatoms. The van der Waals surface area contributed by atoms with Gasteiger partial charge in [-0.2, -0.15) is 0 Å². The van der Waals surface area contributed by atoms with E-state index < -0.39 is 0 Å². The molecule has 0 radical (unpaired) electrons. The van der Waals surface area contributed by atoms with Crippen LogP contribution in [-0.4, -0.2) is 30.6 Å². The Kier molecular flexibility index (Phi) is 7.53. The highest BCUT2D eigenvalue weighted by molar-refractivity contribution is 5.74.